The summed E-state index contributed by atoms with van der Waals surface area (Å²) in [6.07, 6.45) is 1.47. The highest BCUT2D eigenvalue weighted by Crippen LogP contribution is 2.38. The van der Waals surface area contributed by atoms with Crippen molar-refractivity contribution < 1.29 is 10.0 Å². The van der Waals surface area contributed by atoms with Crippen molar-refractivity contribution in [2.75, 3.05) is 0 Å². The molecule has 1 aliphatic rings. The number of benzene rings is 2. The van der Waals surface area contributed by atoms with Gasteiger partial charge in [0.25, 0.3) is 11.2 Å². The third-order valence-electron chi connectivity index (χ3n) is 4.86. The van der Waals surface area contributed by atoms with Crippen LogP contribution in [0.1, 0.15) is 23.6 Å². The molecule has 0 unspecified atom stereocenters. The predicted octanol–water partition coefficient (Wildman–Crippen LogP) is 4.46. The molecule has 0 atom stereocenters. The lowest BCUT2D eigenvalue weighted by atomic mass is 10.0. The van der Waals surface area contributed by atoms with Gasteiger partial charge in [0.15, 0.2) is 4.77 Å². The van der Waals surface area contributed by atoms with E-state index in [0.717, 1.165) is 5.56 Å². The minimum absolute atomic E-state index is 0.0203. The molecule has 2 aromatic carbocycles. The Bertz CT molecular complexity index is 1380. The van der Waals surface area contributed by atoms with Crippen LogP contribution in [-0.2, 0) is 0 Å². The van der Waals surface area contributed by atoms with E-state index in [-0.39, 0.29) is 21.9 Å². The Labute approximate surface area is 175 Å². The van der Waals surface area contributed by atoms with Gasteiger partial charge in [0.05, 0.1) is 16.3 Å². The number of aliphatic imine (C=N–C) groups is 1. The van der Waals surface area contributed by atoms with Crippen LogP contribution >= 0.6 is 12.2 Å². The van der Waals surface area contributed by atoms with Gasteiger partial charge in [-0.15, -0.1) is 0 Å². The van der Waals surface area contributed by atoms with Crippen LogP contribution in [0.25, 0.3) is 17.3 Å². The minimum atomic E-state index is -0.569. The van der Waals surface area contributed by atoms with Crippen LogP contribution in [0.3, 0.4) is 0 Å². The second-order valence-electron chi connectivity index (χ2n) is 6.88. The third kappa shape index (κ3) is 3.25. The number of nitro groups is 1. The Morgan fingerprint density at radius 1 is 1.20 bits per heavy atom. The zero-order chi connectivity index (χ0) is 21.6. The molecule has 1 aliphatic heterocycles. The first-order valence-electron chi connectivity index (χ1n) is 8.98. The normalized spacial score (nSPS) is 13.9. The van der Waals surface area contributed by atoms with Crippen molar-refractivity contribution in [3.05, 3.63) is 84.4 Å². The molecular formula is C21H16N4O4S. The Morgan fingerprint density at radius 3 is 2.57 bits per heavy atom. The van der Waals surface area contributed by atoms with Crippen LogP contribution < -0.4 is 5.56 Å². The Morgan fingerprint density at radius 2 is 1.90 bits per heavy atom. The predicted molar refractivity (Wildman–Crippen MR) is 117 cm³/mol. The maximum absolute atomic E-state index is 12.6. The summed E-state index contributed by atoms with van der Waals surface area (Å²) in [5, 5.41) is 22.1. The minimum Gasteiger partial charge on any atom is -0.494 e. The highest BCUT2D eigenvalue weighted by molar-refractivity contribution is 7.71. The molecule has 4 rings (SSSR count). The lowest BCUT2D eigenvalue weighted by Crippen LogP contribution is -2.16. The summed E-state index contributed by atoms with van der Waals surface area (Å²) in [4.78, 5) is 30.2. The molecule has 150 valence electrons. The molecule has 0 saturated carbocycles. The largest absolute Gasteiger partial charge is 0.494 e. The highest BCUT2D eigenvalue weighted by Gasteiger charge is 2.23. The van der Waals surface area contributed by atoms with Gasteiger partial charge in [0.2, 0.25) is 5.88 Å². The fourth-order valence-electron chi connectivity index (χ4n) is 3.32. The van der Waals surface area contributed by atoms with E-state index in [0.29, 0.717) is 28.2 Å². The zero-order valence-electron chi connectivity index (χ0n) is 16.0. The number of nitrogens with one attached hydrogen (secondary N) is 1. The van der Waals surface area contributed by atoms with Gasteiger partial charge in [-0.1, -0.05) is 17.7 Å². The molecule has 0 amide bonds. The number of hydrogen-bond donors (Lipinski definition) is 2. The molecule has 0 saturated heterocycles. The second-order valence-corrected chi connectivity index (χ2v) is 7.27. The van der Waals surface area contributed by atoms with Crippen LogP contribution in [-0.4, -0.2) is 25.3 Å². The van der Waals surface area contributed by atoms with Crippen LogP contribution in [0.5, 0.6) is 5.88 Å². The average molecular weight is 420 g/mol. The molecule has 3 aromatic rings. The molecule has 0 fully saturated rings. The standard InChI is InChI=1S/C21H16N4O4S/c1-11-3-5-13(6-4-11)24-20(27)17(19(26)23-21(24)30)10-15-12(2)22-18-8-7-14(25(28)29)9-16(15)18/h3-10,27H,1-2H3,(H,23,26,30)/b15-10+. The van der Waals surface area contributed by atoms with Gasteiger partial charge in [-0.3, -0.25) is 29.5 Å². The van der Waals surface area contributed by atoms with Crippen molar-refractivity contribution in [3.63, 3.8) is 0 Å². The number of nitrogens with zero attached hydrogens (tertiary/aromatic N) is 3. The van der Waals surface area contributed by atoms with Gasteiger partial charge in [-0.25, -0.2) is 0 Å². The van der Waals surface area contributed by atoms with E-state index in [4.69, 9.17) is 12.2 Å². The van der Waals surface area contributed by atoms with Gasteiger partial charge in [-0.2, -0.15) is 0 Å². The van der Waals surface area contributed by atoms with E-state index in [2.05, 4.69) is 9.98 Å². The molecular weight excluding hydrogens is 404 g/mol. The number of rotatable bonds is 3. The molecule has 0 radical (unpaired) electrons. The number of aryl methyl sites for hydroxylation is 1. The third-order valence-corrected chi connectivity index (χ3v) is 5.15. The summed E-state index contributed by atoms with van der Waals surface area (Å²) in [5.41, 5.74) is 3.12. The van der Waals surface area contributed by atoms with E-state index in [1.165, 1.54) is 22.8 Å². The quantitative estimate of drug-likeness (QED) is 0.369. The van der Waals surface area contributed by atoms with E-state index >= 15 is 0 Å². The fourth-order valence-corrected chi connectivity index (χ4v) is 3.60. The SMILES string of the molecule is CC1=Nc2ccc([N+](=O)[O-])cc2/C1=C/c1c(O)n(-c2ccc(C)cc2)c(=S)[nH]c1=O. The van der Waals surface area contributed by atoms with E-state index < -0.39 is 10.5 Å². The van der Waals surface area contributed by atoms with Crippen molar-refractivity contribution in [3.8, 4) is 11.6 Å². The molecule has 8 nitrogen and oxygen atoms in total. The van der Waals surface area contributed by atoms with Gasteiger partial charge in [0.1, 0.15) is 5.56 Å². The first-order valence-corrected chi connectivity index (χ1v) is 9.38. The van der Waals surface area contributed by atoms with Gasteiger partial charge in [-0.05, 0) is 50.3 Å². The summed E-state index contributed by atoms with van der Waals surface area (Å²) >= 11 is 5.24. The number of H-pyrrole nitrogens is 1. The monoisotopic (exact) mass is 420 g/mol. The summed E-state index contributed by atoms with van der Waals surface area (Å²) in [7, 11) is 0. The number of nitro benzene ring substituents is 1. The number of aromatic nitrogens is 2. The number of allylic oxidation sites excluding steroid dienone is 1. The summed E-state index contributed by atoms with van der Waals surface area (Å²) < 4.78 is 1.41. The second kappa shape index (κ2) is 7.20. The number of fused-ring (bicyclic) bond motifs is 1. The van der Waals surface area contributed by atoms with E-state index in [9.17, 15) is 20.0 Å². The first-order chi connectivity index (χ1) is 14.3. The number of non-ortho nitro benzene ring substituents is 1. The fraction of sp³-hybridized carbons (Fsp3) is 0.0952. The van der Waals surface area contributed by atoms with Crippen LogP contribution in [0.15, 0.2) is 52.3 Å². The summed E-state index contributed by atoms with van der Waals surface area (Å²) in [6.45, 7) is 3.67. The molecule has 0 aliphatic carbocycles. The molecule has 30 heavy (non-hydrogen) atoms. The average Bonchev–Trinajstić information content (AvgIpc) is 3.00. The first kappa shape index (κ1) is 19.5. The van der Waals surface area contributed by atoms with Gasteiger partial charge >= 0.3 is 0 Å². The highest BCUT2D eigenvalue weighted by atomic mass is 32.1. The number of aromatic amines is 1. The number of hydrogen-bond acceptors (Lipinski definition) is 6. The zero-order valence-corrected chi connectivity index (χ0v) is 16.9. The molecule has 9 heteroatoms. The molecule has 2 N–H and O–H groups in total. The van der Waals surface area contributed by atoms with Crippen LogP contribution in [0, 0.1) is 21.8 Å². The number of aromatic hydroxyl groups is 1. The smallest absolute Gasteiger partial charge is 0.270 e. The molecule has 2 heterocycles. The topological polar surface area (TPSA) is 114 Å². The molecule has 0 bridgehead atoms. The van der Waals surface area contributed by atoms with E-state index in [1.807, 2.05) is 19.1 Å². The summed E-state index contributed by atoms with van der Waals surface area (Å²) in [5.74, 6) is -0.327. The van der Waals surface area contributed by atoms with E-state index in [1.54, 1.807) is 25.1 Å². The summed E-state index contributed by atoms with van der Waals surface area (Å²) in [6, 6.07) is 11.6. The Kier molecular flexibility index (Phi) is 4.67. The van der Waals surface area contributed by atoms with Crippen molar-refractivity contribution in [2.24, 2.45) is 4.99 Å². The molecule has 1 aromatic heterocycles. The van der Waals surface area contributed by atoms with Crippen LogP contribution in [0.2, 0.25) is 0 Å². The molecule has 0 spiro atoms. The lowest BCUT2D eigenvalue weighted by Gasteiger charge is -2.12. The van der Waals surface area contributed by atoms with Gasteiger partial charge < -0.3 is 5.11 Å². The van der Waals surface area contributed by atoms with Crippen molar-refractivity contribution in [1.82, 2.24) is 9.55 Å². The van der Waals surface area contributed by atoms with Gasteiger partial charge in [0, 0.05) is 29.0 Å². The Hall–Kier alpha value is -3.85. The van der Waals surface area contributed by atoms with Crippen molar-refractivity contribution >= 4 is 41.0 Å². The van der Waals surface area contributed by atoms with Crippen molar-refractivity contribution in [1.29, 1.82) is 0 Å². The maximum Gasteiger partial charge on any atom is 0.270 e. The van der Waals surface area contributed by atoms with Crippen molar-refractivity contribution in [2.45, 2.75) is 13.8 Å². The lowest BCUT2D eigenvalue weighted by molar-refractivity contribution is -0.384. The Balaban J connectivity index is 1.93. The van der Waals surface area contributed by atoms with Crippen LogP contribution in [0.4, 0.5) is 11.4 Å². The maximum atomic E-state index is 12.6.